The van der Waals surface area contributed by atoms with Crippen molar-refractivity contribution in [3.8, 4) is 0 Å². The Morgan fingerprint density at radius 2 is 1.95 bits per heavy atom. The summed E-state index contributed by atoms with van der Waals surface area (Å²) in [4.78, 5) is 13.4. The number of hydrogen-bond donors (Lipinski definition) is 1. The Kier molecular flexibility index (Phi) is 5.08. The van der Waals surface area contributed by atoms with E-state index < -0.39 is 22.2 Å². The number of nitrogens with one attached hydrogen (secondary N) is 1. The van der Waals surface area contributed by atoms with E-state index in [1.165, 1.54) is 0 Å². The SMILES string of the molecule is CCc1ccc(S(=O)(=O)NCC2CN(C(C)C)C(=O)O2)cc1. The number of rotatable bonds is 6. The molecule has 0 spiro atoms. The molecule has 1 aromatic carbocycles. The smallest absolute Gasteiger partial charge is 0.410 e. The second-order valence-corrected chi connectivity index (χ2v) is 7.37. The molecule has 1 amide bonds. The summed E-state index contributed by atoms with van der Waals surface area (Å²) in [5.74, 6) is 0. The number of ether oxygens (including phenoxy) is 1. The van der Waals surface area contributed by atoms with Gasteiger partial charge in [0.15, 0.2) is 0 Å². The number of sulfonamides is 1. The zero-order valence-corrected chi connectivity index (χ0v) is 13.9. The average Bonchev–Trinajstić information content (AvgIpc) is 2.87. The number of cyclic esters (lactones) is 1. The molecule has 0 aliphatic carbocycles. The molecule has 0 radical (unpaired) electrons. The molecule has 1 unspecified atom stereocenters. The van der Waals surface area contributed by atoms with Gasteiger partial charge in [-0.15, -0.1) is 0 Å². The van der Waals surface area contributed by atoms with Crippen LogP contribution in [0.2, 0.25) is 0 Å². The van der Waals surface area contributed by atoms with Crippen LogP contribution in [0.1, 0.15) is 26.3 Å². The Labute approximate surface area is 131 Å². The molecule has 1 aliphatic heterocycles. The van der Waals surface area contributed by atoms with Crippen LogP contribution in [-0.4, -0.2) is 44.6 Å². The maximum absolute atomic E-state index is 12.2. The minimum atomic E-state index is -3.59. The lowest BCUT2D eigenvalue weighted by Crippen LogP contribution is -2.36. The van der Waals surface area contributed by atoms with Gasteiger partial charge in [-0.1, -0.05) is 19.1 Å². The average molecular weight is 326 g/mol. The molecule has 22 heavy (non-hydrogen) atoms. The highest BCUT2D eigenvalue weighted by molar-refractivity contribution is 7.89. The normalized spacial score (nSPS) is 18.8. The molecule has 0 saturated carbocycles. The summed E-state index contributed by atoms with van der Waals surface area (Å²) in [6, 6.07) is 6.80. The third kappa shape index (κ3) is 3.78. The van der Waals surface area contributed by atoms with Gasteiger partial charge in [0.25, 0.3) is 0 Å². The van der Waals surface area contributed by atoms with Crippen LogP contribution in [0.5, 0.6) is 0 Å². The molecular weight excluding hydrogens is 304 g/mol. The Hall–Kier alpha value is -1.60. The molecule has 1 N–H and O–H groups in total. The van der Waals surface area contributed by atoms with E-state index >= 15 is 0 Å². The van der Waals surface area contributed by atoms with Gasteiger partial charge >= 0.3 is 6.09 Å². The van der Waals surface area contributed by atoms with Gasteiger partial charge < -0.3 is 9.64 Å². The van der Waals surface area contributed by atoms with Crippen molar-refractivity contribution in [3.63, 3.8) is 0 Å². The van der Waals surface area contributed by atoms with Gasteiger partial charge in [-0.05, 0) is 38.0 Å². The Balaban J connectivity index is 1.97. The van der Waals surface area contributed by atoms with Crippen LogP contribution in [-0.2, 0) is 21.2 Å². The van der Waals surface area contributed by atoms with E-state index in [4.69, 9.17) is 4.74 Å². The monoisotopic (exact) mass is 326 g/mol. The fourth-order valence-corrected chi connectivity index (χ4v) is 3.33. The van der Waals surface area contributed by atoms with Crippen LogP contribution in [0, 0.1) is 0 Å². The van der Waals surface area contributed by atoms with Gasteiger partial charge in [0.05, 0.1) is 11.4 Å². The first-order valence-corrected chi connectivity index (χ1v) is 8.87. The lowest BCUT2D eigenvalue weighted by molar-refractivity contribution is 0.130. The van der Waals surface area contributed by atoms with Crippen molar-refractivity contribution in [2.45, 2.75) is 44.2 Å². The van der Waals surface area contributed by atoms with Gasteiger partial charge in [-0.3, -0.25) is 0 Å². The van der Waals surface area contributed by atoms with Crippen molar-refractivity contribution >= 4 is 16.1 Å². The molecule has 0 aromatic heterocycles. The summed E-state index contributed by atoms with van der Waals surface area (Å²) in [6.07, 6.45) is 0.00248. The topological polar surface area (TPSA) is 75.7 Å². The molecule has 1 aromatic rings. The number of hydrogen-bond acceptors (Lipinski definition) is 4. The van der Waals surface area contributed by atoms with Crippen LogP contribution in [0.15, 0.2) is 29.2 Å². The van der Waals surface area contributed by atoms with Crippen molar-refractivity contribution in [2.24, 2.45) is 0 Å². The first-order valence-electron chi connectivity index (χ1n) is 7.39. The number of nitrogens with zero attached hydrogens (tertiary/aromatic N) is 1. The predicted molar refractivity (Wildman–Crippen MR) is 83.1 cm³/mol. The van der Waals surface area contributed by atoms with E-state index in [1.807, 2.05) is 20.8 Å². The maximum atomic E-state index is 12.2. The van der Waals surface area contributed by atoms with Crippen LogP contribution in [0.3, 0.4) is 0 Å². The molecule has 1 atom stereocenters. The Morgan fingerprint density at radius 1 is 1.32 bits per heavy atom. The van der Waals surface area contributed by atoms with Crippen LogP contribution in [0.4, 0.5) is 4.79 Å². The van der Waals surface area contributed by atoms with Crippen molar-refractivity contribution in [2.75, 3.05) is 13.1 Å². The van der Waals surface area contributed by atoms with E-state index in [0.717, 1.165) is 12.0 Å². The quantitative estimate of drug-likeness (QED) is 0.864. The zero-order chi connectivity index (χ0) is 16.3. The molecule has 1 aliphatic rings. The van der Waals surface area contributed by atoms with Crippen LogP contribution >= 0.6 is 0 Å². The van der Waals surface area contributed by atoms with Gasteiger partial charge in [-0.2, -0.15) is 0 Å². The first-order chi connectivity index (χ1) is 10.3. The van der Waals surface area contributed by atoms with Crippen molar-refractivity contribution in [1.82, 2.24) is 9.62 Å². The zero-order valence-electron chi connectivity index (χ0n) is 13.1. The standard InChI is InChI=1S/C15H22N2O4S/c1-4-12-5-7-14(8-6-12)22(19,20)16-9-13-10-17(11(2)3)15(18)21-13/h5-8,11,13,16H,4,9-10H2,1-3H3. The summed E-state index contributed by atoms with van der Waals surface area (Å²) in [6.45, 7) is 6.27. The minimum absolute atomic E-state index is 0.0377. The first kappa shape index (κ1) is 16.8. The highest BCUT2D eigenvalue weighted by Crippen LogP contribution is 2.15. The third-order valence-electron chi connectivity index (χ3n) is 3.67. The molecule has 1 fully saturated rings. The fourth-order valence-electron chi connectivity index (χ4n) is 2.26. The van der Waals surface area contributed by atoms with Crippen LogP contribution < -0.4 is 4.72 Å². The van der Waals surface area contributed by atoms with Crippen molar-refractivity contribution in [3.05, 3.63) is 29.8 Å². The fraction of sp³-hybridized carbons (Fsp3) is 0.533. The molecule has 0 bridgehead atoms. The molecule has 6 nitrogen and oxygen atoms in total. The molecular formula is C15H22N2O4S. The summed E-state index contributed by atoms with van der Waals surface area (Å²) < 4.78 is 32.1. The predicted octanol–water partition coefficient (Wildman–Crippen LogP) is 1.76. The van der Waals surface area contributed by atoms with Crippen LogP contribution in [0.25, 0.3) is 0 Å². The summed E-state index contributed by atoms with van der Waals surface area (Å²) in [5, 5.41) is 0. The second-order valence-electron chi connectivity index (χ2n) is 5.60. The van der Waals surface area contributed by atoms with Gasteiger partial charge in [0.1, 0.15) is 6.10 Å². The van der Waals surface area contributed by atoms with E-state index in [9.17, 15) is 13.2 Å². The molecule has 122 valence electrons. The van der Waals surface area contributed by atoms with Gasteiger partial charge in [-0.25, -0.2) is 17.9 Å². The van der Waals surface area contributed by atoms with Crippen molar-refractivity contribution < 1.29 is 17.9 Å². The highest BCUT2D eigenvalue weighted by Gasteiger charge is 2.33. The van der Waals surface area contributed by atoms with E-state index in [1.54, 1.807) is 29.2 Å². The lowest BCUT2D eigenvalue weighted by atomic mass is 10.2. The number of carbonyl (C=O) groups excluding carboxylic acids is 1. The van der Waals surface area contributed by atoms with Crippen molar-refractivity contribution in [1.29, 1.82) is 0 Å². The maximum Gasteiger partial charge on any atom is 0.410 e. The molecule has 1 saturated heterocycles. The number of carbonyl (C=O) groups is 1. The molecule has 2 rings (SSSR count). The van der Waals surface area contributed by atoms with E-state index in [2.05, 4.69) is 4.72 Å². The summed E-state index contributed by atoms with van der Waals surface area (Å²) in [7, 11) is -3.59. The highest BCUT2D eigenvalue weighted by atomic mass is 32.2. The Morgan fingerprint density at radius 3 is 2.45 bits per heavy atom. The van der Waals surface area contributed by atoms with Gasteiger partial charge in [0.2, 0.25) is 10.0 Å². The number of aryl methyl sites for hydroxylation is 1. The number of benzene rings is 1. The number of amides is 1. The second kappa shape index (κ2) is 6.66. The largest absolute Gasteiger partial charge is 0.443 e. The minimum Gasteiger partial charge on any atom is -0.443 e. The van der Waals surface area contributed by atoms with E-state index in [0.29, 0.717) is 6.54 Å². The third-order valence-corrected chi connectivity index (χ3v) is 5.11. The molecule has 1 heterocycles. The summed E-state index contributed by atoms with van der Waals surface area (Å²) >= 11 is 0. The van der Waals surface area contributed by atoms with E-state index in [-0.39, 0.29) is 17.5 Å². The molecule has 7 heteroatoms. The Bertz CT molecular complexity index is 625. The lowest BCUT2D eigenvalue weighted by Gasteiger charge is -2.16. The van der Waals surface area contributed by atoms with Gasteiger partial charge in [0, 0.05) is 12.6 Å². The summed E-state index contributed by atoms with van der Waals surface area (Å²) in [5.41, 5.74) is 1.08.